The number of rotatable bonds is 8. The quantitative estimate of drug-likeness (QED) is 0.457. The molecule has 12 heteroatoms. The Balaban J connectivity index is 1.40. The number of ether oxygens (including phenoxy) is 1. The topological polar surface area (TPSA) is 135 Å². The van der Waals surface area contributed by atoms with Gasteiger partial charge in [0, 0.05) is 25.0 Å². The van der Waals surface area contributed by atoms with E-state index in [4.69, 9.17) is 4.74 Å². The largest absolute Gasteiger partial charge is 0.497 e. The van der Waals surface area contributed by atoms with Crippen LogP contribution >= 0.6 is 0 Å². The number of nitrogens with one attached hydrogen (secondary N) is 2. The Labute approximate surface area is 210 Å². The third-order valence-corrected chi connectivity index (χ3v) is 9.07. The molecule has 0 spiro atoms. The molecule has 1 unspecified atom stereocenters. The standard InChI is InChI=1S/C24H26N4O6S2/c1-34-21-8-12-23(13-9-21)36(32,33)28-15-3-4-18(17-28)24(29)26-19-6-10-22(11-7-19)35(30,31)27-20-5-2-14-25-16-20/h2,5-14,16,18,27H,3-4,15,17H2,1H3,(H,26,29). The fourth-order valence-corrected chi connectivity index (χ4v) is 6.44. The highest BCUT2D eigenvalue weighted by atomic mass is 32.2. The van der Waals surface area contributed by atoms with E-state index in [0.29, 0.717) is 36.5 Å². The van der Waals surface area contributed by atoms with E-state index in [0.717, 1.165) is 0 Å². The lowest BCUT2D eigenvalue weighted by molar-refractivity contribution is -0.120. The van der Waals surface area contributed by atoms with Gasteiger partial charge in [0.05, 0.1) is 34.7 Å². The smallest absolute Gasteiger partial charge is 0.261 e. The predicted octanol–water partition coefficient (Wildman–Crippen LogP) is 2.93. The number of benzene rings is 2. The zero-order chi connectivity index (χ0) is 25.8. The molecule has 1 amide bonds. The number of carbonyl (C=O) groups excluding carboxylic acids is 1. The first kappa shape index (κ1) is 25.6. The summed E-state index contributed by atoms with van der Waals surface area (Å²) in [6, 6.07) is 15.1. The van der Waals surface area contributed by atoms with Crippen molar-refractivity contribution < 1.29 is 26.4 Å². The third kappa shape index (κ3) is 5.83. The van der Waals surface area contributed by atoms with E-state index < -0.39 is 26.0 Å². The van der Waals surface area contributed by atoms with E-state index in [-0.39, 0.29) is 22.2 Å². The molecule has 4 rings (SSSR count). The molecule has 0 radical (unpaired) electrons. The highest BCUT2D eigenvalue weighted by molar-refractivity contribution is 7.92. The van der Waals surface area contributed by atoms with E-state index in [1.807, 2.05) is 0 Å². The number of methoxy groups -OCH3 is 1. The molecular formula is C24H26N4O6S2. The summed E-state index contributed by atoms with van der Waals surface area (Å²) in [5.41, 5.74) is 0.747. The summed E-state index contributed by atoms with van der Waals surface area (Å²) in [7, 11) is -6.07. The van der Waals surface area contributed by atoms with Crippen molar-refractivity contribution >= 4 is 37.3 Å². The van der Waals surface area contributed by atoms with Gasteiger partial charge < -0.3 is 10.1 Å². The minimum absolute atomic E-state index is 0.0266. The van der Waals surface area contributed by atoms with Gasteiger partial charge >= 0.3 is 0 Å². The molecule has 1 aliphatic heterocycles. The molecule has 3 aromatic rings. The van der Waals surface area contributed by atoms with Gasteiger partial charge in [-0.05, 0) is 73.5 Å². The molecule has 2 heterocycles. The maximum atomic E-state index is 13.1. The van der Waals surface area contributed by atoms with Gasteiger partial charge in [-0.1, -0.05) is 0 Å². The number of hydrogen-bond acceptors (Lipinski definition) is 7. The van der Waals surface area contributed by atoms with Crippen molar-refractivity contribution in [1.29, 1.82) is 0 Å². The van der Waals surface area contributed by atoms with Crippen LogP contribution in [0, 0.1) is 5.92 Å². The zero-order valence-electron chi connectivity index (χ0n) is 19.5. The van der Waals surface area contributed by atoms with Crippen molar-refractivity contribution in [2.75, 3.05) is 30.2 Å². The third-order valence-electron chi connectivity index (χ3n) is 5.80. The minimum atomic E-state index is -3.82. The lowest BCUT2D eigenvalue weighted by Gasteiger charge is -2.31. The summed E-state index contributed by atoms with van der Waals surface area (Å²) in [5.74, 6) is -0.312. The average molecular weight is 531 g/mol. The fraction of sp³-hybridized carbons (Fsp3) is 0.250. The molecule has 1 atom stereocenters. The van der Waals surface area contributed by atoms with Crippen LogP contribution in [0.2, 0.25) is 0 Å². The second-order valence-electron chi connectivity index (χ2n) is 8.24. The summed E-state index contributed by atoms with van der Waals surface area (Å²) in [6.07, 6.45) is 4.02. The van der Waals surface area contributed by atoms with Crippen molar-refractivity contribution in [3.05, 3.63) is 73.1 Å². The van der Waals surface area contributed by atoms with Crippen LogP contribution in [0.4, 0.5) is 11.4 Å². The molecule has 2 aromatic carbocycles. The van der Waals surface area contributed by atoms with E-state index in [1.54, 1.807) is 24.3 Å². The first-order chi connectivity index (χ1) is 17.2. The Bertz CT molecular complexity index is 1410. The molecular weight excluding hydrogens is 504 g/mol. The van der Waals surface area contributed by atoms with Gasteiger partial charge in [-0.3, -0.25) is 14.5 Å². The molecule has 1 aromatic heterocycles. The Hall–Kier alpha value is -3.48. The Morgan fingerprint density at radius 2 is 1.67 bits per heavy atom. The number of pyridine rings is 1. The van der Waals surface area contributed by atoms with Crippen molar-refractivity contribution in [1.82, 2.24) is 9.29 Å². The van der Waals surface area contributed by atoms with Crippen LogP contribution in [0.3, 0.4) is 0 Å². The van der Waals surface area contributed by atoms with Crippen molar-refractivity contribution in [3.63, 3.8) is 0 Å². The number of carbonyl (C=O) groups is 1. The highest BCUT2D eigenvalue weighted by Crippen LogP contribution is 2.26. The van der Waals surface area contributed by atoms with Gasteiger partial charge in [0.25, 0.3) is 10.0 Å². The van der Waals surface area contributed by atoms with E-state index >= 15 is 0 Å². The van der Waals surface area contributed by atoms with E-state index in [1.165, 1.54) is 60.2 Å². The number of sulfonamides is 2. The van der Waals surface area contributed by atoms with Gasteiger partial charge in [0.15, 0.2) is 0 Å². The minimum Gasteiger partial charge on any atom is -0.497 e. The molecule has 190 valence electrons. The van der Waals surface area contributed by atoms with Crippen LogP contribution < -0.4 is 14.8 Å². The summed E-state index contributed by atoms with van der Waals surface area (Å²) in [5, 5.41) is 2.76. The molecule has 0 saturated carbocycles. The first-order valence-electron chi connectivity index (χ1n) is 11.2. The zero-order valence-corrected chi connectivity index (χ0v) is 21.1. The van der Waals surface area contributed by atoms with E-state index in [2.05, 4.69) is 15.0 Å². The Morgan fingerprint density at radius 1 is 0.972 bits per heavy atom. The number of nitrogens with zero attached hydrogens (tertiary/aromatic N) is 2. The summed E-state index contributed by atoms with van der Waals surface area (Å²) in [6.45, 7) is 0.385. The highest BCUT2D eigenvalue weighted by Gasteiger charge is 2.33. The molecule has 1 aliphatic rings. The lowest BCUT2D eigenvalue weighted by atomic mass is 9.99. The molecule has 0 bridgehead atoms. The molecule has 1 fully saturated rings. The number of aromatic nitrogens is 1. The molecule has 2 N–H and O–H groups in total. The lowest BCUT2D eigenvalue weighted by Crippen LogP contribution is -2.43. The molecule has 36 heavy (non-hydrogen) atoms. The maximum Gasteiger partial charge on any atom is 0.261 e. The van der Waals surface area contributed by atoms with Gasteiger partial charge in [0.1, 0.15) is 5.75 Å². The number of hydrogen-bond donors (Lipinski definition) is 2. The van der Waals surface area contributed by atoms with Crippen LogP contribution in [0.1, 0.15) is 12.8 Å². The summed E-state index contributed by atoms with van der Waals surface area (Å²) in [4.78, 5) is 16.9. The first-order valence-corrected chi connectivity index (χ1v) is 14.1. The monoisotopic (exact) mass is 530 g/mol. The molecule has 1 saturated heterocycles. The molecule has 0 aliphatic carbocycles. The van der Waals surface area contributed by atoms with Crippen molar-refractivity contribution in [3.8, 4) is 5.75 Å². The Kier molecular flexibility index (Phi) is 7.57. The SMILES string of the molecule is COc1ccc(S(=O)(=O)N2CCCC(C(=O)Nc3ccc(S(=O)(=O)Nc4cccnc4)cc3)C2)cc1. The second-order valence-corrected chi connectivity index (χ2v) is 11.9. The summed E-state index contributed by atoms with van der Waals surface area (Å²) >= 11 is 0. The van der Waals surface area contributed by atoms with Gasteiger partial charge in [-0.15, -0.1) is 0 Å². The second kappa shape index (κ2) is 10.6. The van der Waals surface area contributed by atoms with Crippen LogP contribution in [0.15, 0.2) is 82.8 Å². The number of anilines is 2. The van der Waals surface area contributed by atoms with Crippen LogP contribution in [0.25, 0.3) is 0 Å². The van der Waals surface area contributed by atoms with Crippen molar-refractivity contribution in [2.24, 2.45) is 5.92 Å². The normalized spacial score (nSPS) is 16.8. The average Bonchev–Trinajstić information content (AvgIpc) is 2.89. The van der Waals surface area contributed by atoms with Gasteiger partial charge in [0.2, 0.25) is 15.9 Å². The van der Waals surface area contributed by atoms with Gasteiger partial charge in [-0.25, -0.2) is 16.8 Å². The Morgan fingerprint density at radius 3 is 2.31 bits per heavy atom. The maximum absolute atomic E-state index is 13.1. The van der Waals surface area contributed by atoms with Crippen LogP contribution in [0.5, 0.6) is 5.75 Å². The number of amides is 1. The number of piperidine rings is 1. The van der Waals surface area contributed by atoms with Crippen LogP contribution in [-0.2, 0) is 24.8 Å². The fourth-order valence-electron chi connectivity index (χ4n) is 3.87. The van der Waals surface area contributed by atoms with Crippen LogP contribution in [-0.4, -0.2) is 52.2 Å². The summed E-state index contributed by atoms with van der Waals surface area (Å²) < 4.78 is 60.1. The predicted molar refractivity (Wildman–Crippen MR) is 135 cm³/mol. The van der Waals surface area contributed by atoms with E-state index in [9.17, 15) is 21.6 Å². The molecule has 10 nitrogen and oxygen atoms in total. The van der Waals surface area contributed by atoms with Crippen molar-refractivity contribution in [2.45, 2.75) is 22.6 Å². The van der Waals surface area contributed by atoms with Gasteiger partial charge in [-0.2, -0.15) is 4.31 Å².